The van der Waals surface area contributed by atoms with Crippen molar-refractivity contribution in [1.29, 1.82) is 0 Å². The van der Waals surface area contributed by atoms with Crippen molar-refractivity contribution in [2.24, 2.45) is 0 Å². The largest absolute Gasteiger partial charge is 0.394 e. The van der Waals surface area contributed by atoms with Crippen LogP contribution in [0.4, 0.5) is 0 Å². The van der Waals surface area contributed by atoms with Crippen LogP contribution in [0.3, 0.4) is 0 Å². The molecule has 0 heterocycles. The average molecular weight is 224 g/mol. The Labute approximate surface area is 89.4 Å². The molecule has 2 atom stereocenters. The molecule has 0 radical (unpaired) electrons. The summed E-state index contributed by atoms with van der Waals surface area (Å²) in [7, 11) is 0. The molecule has 0 rings (SSSR count). The summed E-state index contributed by atoms with van der Waals surface area (Å²) < 4.78 is 15.1. The van der Waals surface area contributed by atoms with Gasteiger partial charge in [-0.2, -0.15) is 0 Å². The van der Waals surface area contributed by atoms with Crippen LogP contribution in [0.2, 0.25) is 0 Å². The first-order valence-electron chi connectivity index (χ1n) is 4.95. The first-order valence-corrected chi connectivity index (χ1v) is 4.95. The first kappa shape index (κ1) is 14.8. The van der Waals surface area contributed by atoms with E-state index in [4.69, 9.17) is 29.5 Å². The predicted octanol–water partition coefficient (Wildman–Crippen LogP) is -0.925. The molecular formula is C9H20O6. The van der Waals surface area contributed by atoms with Crippen LogP contribution in [0.5, 0.6) is 0 Å². The van der Waals surface area contributed by atoms with Gasteiger partial charge >= 0.3 is 0 Å². The summed E-state index contributed by atoms with van der Waals surface area (Å²) in [5, 5.41) is 26.0. The summed E-state index contributed by atoms with van der Waals surface area (Å²) >= 11 is 0. The van der Waals surface area contributed by atoms with Crippen molar-refractivity contribution in [2.75, 3.05) is 33.0 Å². The molecule has 0 aliphatic carbocycles. The number of ether oxygens (including phenoxy) is 3. The molecule has 0 aliphatic rings. The lowest BCUT2D eigenvalue weighted by atomic mass is 10.4. The fourth-order valence-electron chi connectivity index (χ4n) is 0.941. The minimum Gasteiger partial charge on any atom is -0.394 e. The Morgan fingerprint density at radius 3 is 2.27 bits per heavy atom. The van der Waals surface area contributed by atoms with Gasteiger partial charge in [-0.15, -0.1) is 0 Å². The molecule has 0 spiro atoms. The van der Waals surface area contributed by atoms with Crippen LogP contribution in [-0.2, 0) is 14.2 Å². The van der Waals surface area contributed by atoms with Crippen LogP contribution in [0.15, 0.2) is 0 Å². The van der Waals surface area contributed by atoms with Crippen LogP contribution in [0, 0.1) is 0 Å². The SMILES string of the molecule is CC(O)OC(CCOCCO)OCCO. The Hall–Kier alpha value is -0.240. The minimum atomic E-state index is -0.925. The summed E-state index contributed by atoms with van der Waals surface area (Å²) in [5.41, 5.74) is 0. The number of hydrogen-bond acceptors (Lipinski definition) is 6. The van der Waals surface area contributed by atoms with Crippen LogP contribution < -0.4 is 0 Å². The maximum atomic E-state index is 8.98. The third-order valence-electron chi connectivity index (χ3n) is 1.48. The summed E-state index contributed by atoms with van der Waals surface area (Å²) in [6.07, 6.45) is -1.09. The van der Waals surface area contributed by atoms with Crippen molar-refractivity contribution < 1.29 is 29.5 Å². The fraction of sp³-hybridized carbons (Fsp3) is 1.00. The van der Waals surface area contributed by atoms with Crippen molar-refractivity contribution in [3.63, 3.8) is 0 Å². The van der Waals surface area contributed by atoms with Gasteiger partial charge in [-0.25, -0.2) is 0 Å². The van der Waals surface area contributed by atoms with Crippen molar-refractivity contribution in [3.05, 3.63) is 0 Å². The van der Waals surface area contributed by atoms with E-state index in [1.807, 2.05) is 0 Å². The molecule has 6 heteroatoms. The molecule has 0 amide bonds. The lowest BCUT2D eigenvalue weighted by Gasteiger charge is -2.19. The lowest BCUT2D eigenvalue weighted by Crippen LogP contribution is -2.25. The zero-order valence-corrected chi connectivity index (χ0v) is 8.96. The fourth-order valence-corrected chi connectivity index (χ4v) is 0.941. The molecule has 6 nitrogen and oxygen atoms in total. The van der Waals surface area contributed by atoms with E-state index in [0.29, 0.717) is 13.0 Å². The lowest BCUT2D eigenvalue weighted by molar-refractivity contribution is -0.229. The summed E-state index contributed by atoms with van der Waals surface area (Å²) in [4.78, 5) is 0. The second-order valence-electron chi connectivity index (χ2n) is 2.88. The molecule has 0 aromatic carbocycles. The highest BCUT2D eigenvalue weighted by Crippen LogP contribution is 2.04. The van der Waals surface area contributed by atoms with Gasteiger partial charge in [0.2, 0.25) is 0 Å². The summed E-state index contributed by atoms with van der Waals surface area (Å²) in [6.45, 7) is 2.13. The normalized spacial score (nSPS) is 15.2. The maximum Gasteiger partial charge on any atom is 0.163 e. The van der Waals surface area contributed by atoms with Gasteiger partial charge in [0.1, 0.15) is 0 Å². The van der Waals surface area contributed by atoms with Gasteiger partial charge in [0.15, 0.2) is 12.6 Å². The Morgan fingerprint density at radius 1 is 1.07 bits per heavy atom. The first-order chi connectivity index (χ1) is 7.20. The second kappa shape index (κ2) is 10.3. The quantitative estimate of drug-likeness (QED) is 0.328. The van der Waals surface area contributed by atoms with E-state index in [9.17, 15) is 0 Å². The zero-order chi connectivity index (χ0) is 11.5. The van der Waals surface area contributed by atoms with Gasteiger partial charge in [0, 0.05) is 6.42 Å². The second-order valence-corrected chi connectivity index (χ2v) is 2.88. The smallest absolute Gasteiger partial charge is 0.163 e. The van der Waals surface area contributed by atoms with Gasteiger partial charge in [-0.05, 0) is 6.92 Å². The van der Waals surface area contributed by atoms with E-state index in [-0.39, 0.29) is 26.4 Å². The zero-order valence-electron chi connectivity index (χ0n) is 8.96. The van der Waals surface area contributed by atoms with E-state index in [1.165, 1.54) is 6.92 Å². The van der Waals surface area contributed by atoms with E-state index >= 15 is 0 Å². The number of rotatable bonds is 10. The van der Waals surface area contributed by atoms with Crippen molar-refractivity contribution in [1.82, 2.24) is 0 Å². The number of aliphatic hydroxyl groups is 3. The van der Waals surface area contributed by atoms with E-state index < -0.39 is 12.6 Å². The third-order valence-corrected chi connectivity index (χ3v) is 1.48. The predicted molar refractivity (Wildman–Crippen MR) is 52.1 cm³/mol. The molecule has 0 aromatic heterocycles. The molecular weight excluding hydrogens is 204 g/mol. The molecule has 0 aromatic rings. The molecule has 0 saturated carbocycles. The average Bonchev–Trinajstić information content (AvgIpc) is 2.19. The number of hydrogen-bond donors (Lipinski definition) is 3. The van der Waals surface area contributed by atoms with E-state index in [1.54, 1.807) is 0 Å². The van der Waals surface area contributed by atoms with Gasteiger partial charge in [-0.3, -0.25) is 0 Å². The van der Waals surface area contributed by atoms with Gasteiger partial charge < -0.3 is 29.5 Å². The standard InChI is InChI=1S/C9H20O6/c1-8(12)15-9(14-7-4-11)2-5-13-6-3-10/h8-12H,2-7H2,1H3. The monoisotopic (exact) mass is 224 g/mol. The molecule has 0 saturated heterocycles. The van der Waals surface area contributed by atoms with Crippen LogP contribution in [-0.4, -0.2) is 60.9 Å². The summed E-state index contributed by atoms with van der Waals surface area (Å²) in [6, 6.07) is 0. The Balaban J connectivity index is 3.59. The molecule has 0 aliphatic heterocycles. The van der Waals surface area contributed by atoms with Crippen LogP contribution in [0.1, 0.15) is 13.3 Å². The Bertz CT molecular complexity index is 130. The van der Waals surface area contributed by atoms with Crippen molar-refractivity contribution in [3.8, 4) is 0 Å². The highest BCUT2D eigenvalue weighted by molar-refractivity contribution is 4.46. The van der Waals surface area contributed by atoms with Crippen molar-refractivity contribution in [2.45, 2.75) is 25.9 Å². The highest BCUT2D eigenvalue weighted by atomic mass is 16.7. The third kappa shape index (κ3) is 10.1. The topological polar surface area (TPSA) is 88.4 Å². The van der Waals surface area contributed by atoms with Crippen LogP contribution >= 0.6 is 0 Å². The van der Waals surface area contributed by atoms with Gasteiger partial charge in [0.25, 0.3) is 0 Å². The minimum absolute atomic E-state index is 0.0283. The van der Waals surface area contributed by atoms with Crippen LogP contribution in [0.25, 0.3) is 0 Å². The van der Waals surface area contributed by atoms with Gasteiger partial charge in [-0.1, -0.05) is 0 Å². The molecule has 15 heavy (non-hydrogen) atoms. The Kier molecular flexibility index (Phi) is 10.1. The maximum absolute atomic E-state index is 8.98. The molecule has 3 N–H and O–H groups in total. The molecule has 0 bridgehead atoms. The Morgan fingerprint density at radius 2 is 1.73 bits per heavy atom. The number of aliphatic hydroxyl groups excluding tert-OH is 3. The molecule has 2 unspecified atom stereocenters. The van der Waals surface area contributed by atoms with E-state index in [2.05, 4.69) is 0 Å². The molecule has 92 valence electrons. The summed E-state index contributed by atoms with van der Waals surface area (Å²) in [5.74, 6) is 0. The van der Waals surface area contributed by atoms with E-state index in [0.717, 1.165) is 0 Å². The van der Waals surface area contributed by atoms with Gasteiger partial charge in [0.05, 0.1) is 33.0 Å². The van der Waals surface area contributed by atoms with Crippen molar-refractivity contribution >= 4 is 0 Å². The highest BCUT2D eigenvalue weighted by Gasteiger charge is 2.11. The molecule has 0 fully saturated rings.